The predicted molar refractivity (Wildman–Crippen MR) is 93.4 cm³/mol. The smallest absolute Gasteiger partial charge is 0.412 e. The van der Waals surface area contributed by atoms with Gasteiger partial charge in [-0.2, -0.15) is 0 Å². The Labute approximate surface area is 150 Å². The topological polar surface area (TPSA) is 84.9 Å². The molecule has 0 saturated heterocycles. The molecule has 0 radical (unpaired) electrons. The van der Waals surface area contributed by atoms with Gasteiger partial charge in [0.2, 0.25) is 0 Å². The molecule has 26 heavy (non-hydrogen) atoms. The fraction of sp³-hybridized carbons (Fsp3) is 0.211. The summed E-state index contributed by atoms with van der Waals surface area (Å²) in [6, 6.07) is 13.6. The summed E-state index contributed by atoms with van der Waals surface area (Å²) < 4.78 is 10.7. The molecule has 1 aliphatic rings. The second-order valence-corrected chi connectivity index (χ2v) is 5.60. The lowest BCUT2D eigenvalue weighted by molar-refractivity contribution is 0.0646. The first kappa shape index (κ1) is 17.5. The molecule has 0 spiro atoms. The average Bonchev–Trinajstić information content (AvgIpc) is 2.91. The quantitative estimate of drug-likeness (QED) is 0.636. The van der Waals surface area contributed by atoms with Crippen molar-refractivity contribution < 1.29 is 23.9 Å². The van der Waals surface area contributed by atoms with Crippen LogP contribution in [0.3, 0.4) is 0 Å². The van der Waals surface area contributed by atoms with E-state index in [0.29, 0.717) is 29.0 Å². The lowest BCUT2D eigenvalue weighted by Crippen LogP contribution is -2.31. The number of hydrogen-bond donors (Lipinski definition) is 1. The van der Waals surface area contributed by atoms with Crippen LogP contribution >= 0.6 is 0 Å². The summed E-state index contributed by atoms with van der Waals surface area (Å²) in [7, 11) is 1.47. The SMILES string of the molecule is CNC(=O)Oc1ccccc1OCCCN1C(=O)c2ccccc2C1=O. The monoisotopic (exact) mass is 354 g/mol. The summed E-state index contributed by atoms with van der Waals surface area (Å²) in [5.74, 6) is 0.147. The Hall–Kier alpha value is -3.35. The highest BCUT2D eigenvalue weighted by Gasteiger charge is 2.34. The molecule has 7 heteroatoms. The summed E-state index contributed by atoms with van der Waals surface area (Å²) >= 11 is 0. The molecule has 1 aliphatic heterocycles. The molecule has 3 rings (SSSR count). The van der Waals surface area contributed by atoms with Gasteiger partial charge in [0.25, 0.3) is 11.8 Å². The lowest BCUT2D eigenvalue weighted by Gasteiger charge is -2.15. The summed E-state index contributed by atoms with van der Waals surface area (Å²) in [6.45, 7) is 0.520. The van der Waals surface area contributed by atoms with Gasteiger partial charge >= 0.3 is 6.09 Å². The van der Waals surface area contributed by atoms with Gasteiger partial charge in [0.15, 0.2) is 11.5 Å². The van der Waals surface area contributed by atoms with E-state index in [4.69, 9.17) is 9.47 Å². The number of ether oxygens (including phenoxy) is 2. The molecule has 3 amide bonds. The van der Waals surface area contributed by atoms with E-state index in [1.165, 1.54) is 11.9 Å². The van der Waals surface area contributed by atoms with Crippen molar-refractivity contribution >= 4 is 17.9 Å². The highest BCUT2D eigenvalue weighted by atomic mass is 16.6. The van der Waals surface area contributed by atoms with Crippen molar-refractivity contribution in [3.8, 4) is 11.5 Å². The van der Waals surface area contributed by atoms with Crippen molar-refractivity contribution in [3.05, 3.63) is 59.7 Å². The van der Waals surface area contributed by atoms with Crippen LogP contribution in [0.5, 0.6) is 11.5 Å². The zero-order valence-electron chi connectivity index (χ0n) is 14.2. The number of carbonyl (C=O) groups excluding carboxylic acids is 3. The molecule has 0 bridgehead atoms. The van der Waals surface area contributed by atoms with Crippen molar-refractivity contribution in [2.24, 2.45) is 0 Å². The van der Waals surface area contributed by atoms with E-state index in [-0.39, 0.29) is 25.0 Å². The van der Waals surface area contributed by atoms with Gasteiger partial charge in [0.1, 0.15) is 0 Å². The molecule has 7 nitrogen and oxygen atoms in total. The van der Waals surface area contributed by atoms with Crippen LogP contribution in [0, 0.1) is 0 Å². The number of rotatable bonds is 6. The number of benzene rings is 2. The van der Waals surface area contributed by atoms with Crippen LogP contribution in [0.4, 0.5) is 4.79 Å². The molecular weight excluding hydrogens is 336 g/mol. The maximum atomic E-state index is 12.3. The number of para-hydroxylation sites is 2. The van der Waals surface area contributed by atoms with Crippen LogP contribution in [0.2, 0.25) is 0 Å². The second kappa shape index (κ2) is 7.69. The van der Waals surface area contributed by atoms with Gasteiger partial charge in [-0.1, -0.05) is 24.3 Å². The summed E-state index contributed by atoms with van der Waals surface area (Å²) in [5, 5.41) is 2.37. The Morgan fingerprint density at radius 2 is 1.54 bits per heavy atom. The van der Waals surface area contributed by atoms with Crippen molar-refractivity contribution in [2.75, 3.05) is 20.2 Å². The van der Waals surface area contributed by atoms with Crippen LogP contribution in [-0.4, -0.2) is 43.0 Å². The van der Waals surface area contributed by atoms with Gasteiger partial charge in [0.05, 0.1) is 17.7 Å². The average molecular weight is 354 g/mol. The molecule has 0 fully saturated rings. The first-order valence-corrected chi connectivity index (χ1v) is 8.18. The molecule has 0 unspecified atom stereocenters. The summed E-state index contributed by atoms with van der Waals surface area (Å²) in [4.78, 5) is 37.1. The minimum Gasteiger partial charge on any atom is -0.490 e. The molecule has 0 atom stereocenters. The summed E-state index contributed by atoms with van der Waals surface area (Å²) in [5.41, 5.74) is 0.866. The number of hydrogen-bond acceptors (Lipinski definition) is 5. The number of fused-ring (bicyclic) bond motifs is 1. The number of nitrogens with one attached hydrogen (secondary N) is 1. The zero-order chi connectivity index (χ0) is 18.5. The Morgan fingerprint density at radius 1 is 0.962 bits per heavy atom. The largest absolute Gasteiger partial charge is 0.490 e. The van der Waals surface area contributed by atoms with Gasteiger partial charge in [-0.3, -0.25) is 14.5 Å². The molecule has 1 heterocycles. The number of imide groups is 1. The number of nitrogens with zero attached hydrogens (tertiary/aromatic N) is 1. The number of carbonyl (C=O) groups is 3. The fourth-order valence-electron chi connectivity index (χ4n) is 2.65. The third-order valence-electron chi connectivity index (χ3n) is 3.92. The van der Waals surface area contributed by atoms with E-state index < -0.39 is 6.09 Å². The second-order valence-electron chi connectivity index (χ2n) is 5.60. The molecule has 134 valence electrons. The van der Waals surface area contributed by atoms with Crippen LogP contribution in [0.25, 0.3) is 0 Å². The molecule has 2 aromatic rings. The van der Waals surface area contributed by atoms with Crippen LogP contribution in [0.1, 0.15) is 27.1 Å². The summed E-state index contributed by atoms with van der Waals surface area (Å²) in [6.07, 6.45) is -0.133. The highest BCUT2D eigenvalue weighted by molar-refractivity contribution is 6.21. The minimum absolute atomic E-state index is 0.255. The normalized spacial score (nSPS) is 12.7. The molecule has 1 N–H and O–H groups in total. The van der Waals surface area contributed by atoms with Crippen molar-refractivity contribution in [2.45, 2.75) is 6.42 Å². The first-order valence-electron chi connectivity index (χ1n) is 8.18. The maximum Gasteiger partial charge on any atom is 0.412 e. The zero-order valence-corrected chi connectivity index (χ0v) is 14.2. The predicted octanol–water partition coefficient (Wildman–Crippen LogP) is 2.47. The number of amides is 3. The Morgan fingerprint density at radius 3 is 2.15 bits per heavy atom. The van der Waals surface area contributed by atoms with Gasteiger partial charge < -0.3 is 14.8 Å². The van der Waals surface area contributed by atoms with Crippen molar-refractivity contribution in [1.29, 1.82) is 0 Å². The van der Waals surface area contributed by atoms with Crippen molar-refractivity contribution in [3.63, 3.8) is 0 Å². The third kappa shape index (κ3) is 3.51. The van der Waals surface area contributed by atoms with Crippen LogP contribution < -0.4 is 14.8 Å². The van der Waals surface area contributed by atoms with Crippen LogP contribution in [0.15, 0.2) is 48.5 Å². The van der Waals surface area contributed by atoms with Gasteiger partial charge in [-0.15, -0.1) is 0 Å². The Kier molecular flexibility index (Phi) is 5.17. The van der Waals surface area contributed by atoms with Gasteiger partial charge in [-0.05, 0) is 30.7 Å². The van der Waals surface area contributed by atoms with Gasteiger partial charge in [-0.25, -0.2) is 4.79 Å². The van der Waals surface area contributed by atoms with Crippen LogP contribution in [-0.2, 0) is 0 Å². The van der Waals surface area contributed by atoms with E-state index in [2.05, 4.69) is 5.32 Å². The van der Waals surface area contributed by atoms with E-state index in [9.17, 15) is 14.4 Å². The van der Waals surface area contributed by atoms with E-state index >= 15 is 0 Å². The molecule has 0 saturated carbocycles. The Bertz CT molecular complexity index is 814. The standard InChI is InChI=1S/C19H18N2O5/c1-20-19(24)26-16-10-5-4-9-15(16)25-12-6-11-21-17(22)13-7-2-3-8-14(13)18(21)23/h2-5,7-10H,6,11-12H2,1H3,(H,20,24). The Balaban J connectivity index is 1.55. The van der Waals surface area contributed by atoms with E-state index in [1.54, 1.807) is 48.5 Å². The third-order valence-corrected chi connectivity index (χ3v) is 3.92. The van der Waals surface area contributed by atoms with E-state index in [1.807, 2.05) is 0 Å². The first-order chi connectivity index (χ1) is 12.6. The maximum absolute atomic E-state index is 12.3. The fourth-order valence-corrected chi connectivity index (χ4v) is 2.65. The molecular formula is C19H18N2O5. The highest BCUT2D eigenvalue weighted by Crippen LogP contribution is 2.27. The minimum atomic E-state index is -0.591. The van der Waals surface area contributed by atoms with E-state index in [0.717, 1.165) is 0 Å². The van der Waals surface area contributed by atoms with Crippen molar-refractivity contribution in [1.82, 2.24) is 10.2 Å². The molecule has 0 aromatic heterocycles. The lowest BCUT2D eigenvalue weighted by atomic mass is 10.1. The van der Waals surface area contributed by atoms with Gasteiger partial charge in [0, 0.05) is 13.6 Å². The molecule has 2 aromatic carbocycles. The molecule has 0 aliphatic carbocycles.